The van der Waals surface area contributed by atoms with E-state index in [-0.39, 0.29) is 11.5 Å². The average Bonchev–Trinajstić information content (AvgIpc) is 2.23. The molecule has 0 aliphatic heterocycles. The van der Waals surface area contributed by atoms with E-state index in [1.807, 2.05) is 6.07 Å². The van der Waals surface area contributed by atoms with Gasteiger partial charge < -0.3 is 15.1 Å². The van der Waals surface area contributed by atoms with Gasteiger partial charge in [-0.3, -0.25) is 0 Å². The van der Waals surface area contributed by atoms with E-state index in [2.05, 4.69) is 19.0 Å². The molecule has 0 spiro atoms. The number of fused-ring (bicyclic) bond motifs is 1. The molecule has 0 heterocycles. The van der Waals surface area contributed by atoms with Gasteiger partial charge in [-0.2, -0.15) is 0 Å². The topological polar surface area (TPSA) is 43.7 Å². The number of benzene rings is 1. The summed E-state index contributed by atoms with van der Waals surface area (Å²) in [5.74, 6) is 0.565. The zero-order valence-electron chi connectivity index (χ0n) is 9.90. The van der Waals surface area contributed by atoms with Gasteiger partial charge in [0.1, 0.15) is 0 Å². The Morgan fingerprint density at radius 3 is 2.75 bits per heavy atom. The largest absolute Gasteiger partial charge is 0.504 e. The molecule has 1 atom stereocenters. The molecule has 0 aromatic heterocycles. The maximum absolute atomic E-state index is 9.83. The predicted molar refractivity (Wildman–Crippen MR) is 64.0 cm³/mol. The van der Waals surface area contributed by atoms with Gasteiger partial charge in [-0.15, -0.1) is 0 Å². The molecule has 0 saturated heterocycles. The predicted octanol–water partition coefficient (Wildman–Crippen LogP) is 2.08. The molecule has 0 fully saturated rings. The summed E-state index contributed by atoms with van der Waals surface area (Å²) in [6.07, 6.45) is 3.12. The summed E-state index contributed by atoms with van der Waals surface area (Å²) in [4.78, 5) is 2.17. The minimum atomic E-state index is 0.00394. The Labute approximate surface area is 96.3 Å². The molecule has 2 rings (SSSR count). The number of aromatic hydroxyl groups is 2. The third kappa shape index (κ3) is 2.00. The number of hydrogen-bond donors (Lipinski definition) is 2. The van der Waals surface area contributed by atoms with Crippen LogP contribution in [0.15, 0.2) is 12.1 Å². The summed E-state index contributed by atoms with van der Waals surface area (Å²) in [5.41, 5.74) is 2.15. The van der Waals surface area contributed by atoms with Gasteiger partial charge in [0.25, 0.3) is 0 Å². The molecule has 0 unspecified atom stereocenters. The first-order valence-electron chi connectivity index (χ1n) is 5.78. The molecule has 0 saturated carbocycles. The van der Waals surface area contributed by atoms with Crippen molar-refractivity contribution < 1.29 is 10.2 Å². The van der Waals surface area contributed by atoms with Gasteiger partial charge >= 0.3 is 0 Å². The fourth-order valence-electron chi connectivity index (χ4n) is 2.60. The molecule has 0 amide bonds. The first kappa shape index (κ1) is 11.3. The van der Waals surface area contributed by atoms with E-state index in [9.17, 15) is 10.2 Å². The lowest BCUT2D eigenvalue weighted by molar-refractivity contribution is 0.346. The first-order valence-corrected chi connectivity index (χ1v) is 5.78. The summed E-state index contributed by atoms with van der Waals surface area (Å²) in [5, 5.41) is 19.3. The van der Waals surface area contributed by atoms with E-state index < -0.39 is 0 Å². The number of nitrogens with zero attached hydrogens (tertiary/aromatic N) is 1. The molecule has 1 aliphatic carbocycles. The van der Waals surface area contributed by atoms with E-state index in [0.717, 1.165) is 31.4 Å². The first-order chi connectivity index (χ1) is 7.59. The second-order valence-corrected chi connectivity index (χ2v) is 4.85. The molecule has 0 radical (unpaired) electrons. The van der Waals surface area contributed by atoms with E-state index in [0.29, 0.717) is 5.92 Å². The van der Waals surface area contributed by atoms with Crippen molar-refractivity contribution in [2.75, 3.05) is 20.6 Å². The molecule has 16 heavy (non-hydrogen) atoms. The Morgan fingerprint density at radius 2 is 2.06 bits per heavy atom. The third-order valence-electron chi connectivity index (χ3n) is 3.30. The van der Waals surface area contributed by atoms with Crippen LogP contribution in [0.3, 0.4) is 0 Å². The van der Waals surface area contributed by atoms with Crippen LogP contribution >= 0.6 is 0 Å². The van der Waals surface area contributed by atoms with Crippen LogP contribution in [-0.4, -0.2) is 35.8 Å². The van der Waals surface area contributed by atoms with E-state index in [1.54, 1.807) is 6.07 Å². The Bertz CT molecular complexity index is 388. The molecule has 1 aromatic carbocycles. The highest BCUT2D eigenvalue weighted by Crippen LogP contribution is 2.40. The van der Waals surface area contributed by atoms with Crippen molar-refractivity contribution in [3.63, 3.8) is 0 Å². The van der Waals surface area contributed by atoms with Crippen LogP contribution in [0.25, 0.3) is 0 Å². The van der Waals surface area contributed by atoms with Crippen LogP contribution in [0.5, 0.6) is 11.5 Å². The minimum Gasteiger partial charge on any atom is -0.504 e. The lowest BCUT2D eigenvalue weighted by Gasteiger charge is -2.28. The number of rotatable bonds is 2. The molecule has 3 nitrogen and oxygen atoms in total. The fourth-order valence-corrected chi connectivity index (χ4v) is 2.60. The van der Waals surface area contributed by atoms with Gasteiger partial charge in [0, 0.05) is 12.1 Å². The molecule has 0 bridgehead atoms. The van der Waals surface area contributed by atoms with Crippen molar-refractivity contribution in [2.24, 2.45) is 0 Å². The lowest BCUT2D eigenvalue weighted by Crippen LogP contribution is -2.23. The molecular weight excluding hydrogens is 202 g/mol. The third-order valence-corrected chi connectivity index (χ3v) is 3.30. The molecule has 88 valence electrons. The average molecular weight is 221 g/mol. The van der Waals surface area contributed by atoms with Gasteiger partial charge in [-0.05, 0) is 50.9 Å². The van der Waals surface area contributed by atoms with Crippen LogP contribution in [-0.2, 0) is 6.42 Å². The summed E-state index contributed by atoms with van der Waals surface area (Å²) >= 11 is 0. The SMILES string of the molecule is CN(C)C[C@H]1CCCc2c1ccc(O)c2O. The minimum absolute atomic E-state index is 0.00394. The van der Waals surface area contributed by atoms with Crippen molar-refractivity contribution in [1.29, 1.82) is 0 Å². The van der Waals surface area contributed by atoms with Crippen molar-refractivity contribution in [1.82, 2.24) is 4.90 Å². The smallest absolute Gasteiger partial charge is 0.160 e. The van der Waals surface area contributed by atoms with Crippen molar-refractivity contribution in [3.8, 4) is 11.5 Å². The van der Waals surface area contributed by atoms with E-state index in [1.165, 1.54) is 5.56 Å². The van der Waals surface area contributed by atoms with Crippen molar-refractivity contribution >= 4 is 0 Å². The highest BCUT2D eigenvalue weighted by atomic mass is 16.3. The monoisotopic (exact) mass is 221 g/mol. The van der Waals surface area contributed by atoms with Crippen LogP contribution < -0.4 is 0 Å². The molecule has 2 N–H and O–H groups in total. The summed E-state index contributed by atoms with van der Waals surface area (Å²) in [7, 11) is 4.13. The van der Waals surface area contributed by atoms with Crippen LogP contribution in [0.1, 0.15) is 29.9 Å². The standard InChI is InChI=1S/C13H19NO2/c1-14(2)8-9-4-3-5-11-10(9)6-7-12(15)13(11)16/h6-7,9,15-16H,3-5,8H2,1-2H3/t9-/m1/s1. The zero-order chi connectivity index (χ0) is 11.7. The normalized spacial score (nSPS) is 19.8. The molecular formula is C13H19NO2. The fraction of sp³-hybridized carbons (Fsp3) is 0.538. The zero-order valence-corrected chi connectivity index (χ0v) is 9.90. The van der Waals surface area contributed by atoms with Crippen LogP contribution in [0.4, 0.5) is 0 Å². The van der Waals surface area contributed by atoms with Gasteiger partial charge in [-0.25, -0.2) is 0 Å². The number of hydrogen-bond acceptors (Lipinski definition) is 3. The maximum atomic E-state index is 9.83. The second-order valence-electron chi connectivity index (χ2n) is 4.85. The molecule has 1 aromatic rings. The number of phenolic OH excluding ortho intramolecular Hbond substituents is 2. The highest BCUT2D eigenvalue weighted by molar-refractivity contribution is 5.51. The maximum Gasteiger partial charge on any atom is 0.160 e. The number of phenols is 2. The van der Waals surface area contributed by atoms with E-state index >= 15 is 0 Å². The Balaban J connectivity index is 2.36. The second kappa shape index (κ2) is 4.34. The Hall–Kier alpha value is -1.22. The van der Waals surface area contributed by atoms with Crippen LogP contribution in [0.2, 0.25) is 0 Å². The molecule has 3 heteroatoms. The van der Waals surface area contributed by atoms with Gasteiger partial charge in [-0.1, -0.05) is 6.07 Å². The summed E-state index contributed by atoms with van der Waals surface area (Å²) in [6.45, 7) is 0.997. The molecule has 1 aliphatic rings. The Morgan fingerprint density at radius 1 is 1.31 bits per heavy atom. The van der Waals surface area contributed by atoms with Crippen molar-refractivity contribution in [3.05, 3.63) is 23.3 Å². The Kier molecular flexibility index (Phi) is 3.06. The summed E-state index contributed by atoms with van der Waals surface area (Å²) < 4.78 is 0. The quantitative estimate of drug-likeness (QED) is 0.751. The van der Waals surface area contributed by atoms with Gasteiger partial charge in [0.05, 0.1) is 0 Å². The van der Waals surface area contributed by atoms with Gasteiger partial charge in [0.2, 0.25) is 0 Å². The van der Waals surface area contributed by atoms with E-state index in [4.69, 9.17) is 0 Å². The number of likely N-dealkylation sites (N-methyl/N-ethyl adjacent to an activating group) is 1. The van der Waals surface area contributed by atoms with Gasteiger partial charge in [0.15, 0.2) is 11.5 Å². The van der Waals surface area contributed by atoms with Crippen LogP contribution in [0, 0.1) is 0 Å². The summed E-state index contributed by atoms with van der Waals surface area (Å²) in [6, 6.07) is 3.56. The lowest BCUT2D eigenvalue weighted by atomic mass is 9.82. The highest BCUT2D eigenvalue weighted by Gasteiger charge is 2.24. The van der Waals surface area contributed by atoms with Crippen molar-refractivity contribution in [2.45, 2.75) is 25.2 Å².